The molecule has 0 aromatic heterocycles. The molecule has 0 aliphatic rings. The van der Waals surface area contributed by atoms with E-state index in [4.69, 9.17) is 4.74 Å². The lowest BCUT2D eigenvalue weighted by Gasteiger charge is -2.19. The van der Waals surface area contributed by atoms with Gasteiger partial charge in [-0.15, -0.1) is 0 Å². The Balaban J connectivity index is 3.61. The van der Waals surface area contributed by atoms with E-state index < -0.39 is 0 Å². The van der Waals surface area contributed by atoms with Crippen LogP contribution in [0, 0.1) is 11.8 Å². The van der Waals surface area contributed by atoms with Crippen LogP contribution in [0.2, 0.25) is 0 Å². The van der Waals surface area contributed by atoms with Crippen LogP contribution in [-0.2, 0) is 4.74 Å². The summed E-state index contributed by atoms with van der Waals surface area (Å²) < 4.78 is 5.67. The Hall–Kier alpha value is -0.300. The fraction of sp³-hybridized carbons (Fsp3) is 0.818. The van der Waals surface area contributed by atoms with Crippen LogP contribution in [0.5, 0.6) is 0 Å². The molecular weight excluding hydrogens is 148 g/mol. The van der Waals surface area contributed by atoms with Gasteiger partial charge in [0.25, 0.3) is 0 Å². The van der Waals surface area contributed by atoms with E-state index in [1.807, 2.05) is 6.92 Å². The summed E-state index contributed by atoms with van der Waals surface area (Å²) in [6.45, 7) is 15.4. The third kappa shape index (κ3) is 4.55. The number of hydrogen-bond donors (Lipinski definition) is 0. The Labute approximate surface area is 76.8 Å². The molecule has 0 amide bonds. The molecule has 0 aliphatic carbocycles. The first-order valence-electron chi connectivity index (χ1n) is 4.72. The van der Waals surface area contributed by atoms with Crippen LogP contribution in [0.25, 0.3) is 0 Å². The molecule has 1 heteroatoms. The van der Waals surface area contributed by atoms with Gasteiger partial charge in [-0.05, 0) is 25.7 Å². The molecule has 0 aromatic carbocycles. The summed E-state index contributed by atoms with van der Waals surface area (Å²) in [5, 5.41) is 0. The summed E-state index contributed by atoms with van der Waals surface area (Å²) >= 11 is 0. The molecule has 0 radical (unpaired) electrons. The maximum absolute atomic E-state index is 5.67. The minimum atomic E-state index is 0.354. The standard InChI is InChI=1S/C11H22O/c1-8(2)10(5)7-12-11(6)9(3)4/h9-11H,1,7H2,2-6H3. The van der Waals surface area contributed by atoms with Crippen LogP contribution in [0.1, 0.15) is 34.6 Å². The summed E-state index contributed by atoms with van der Waals surface area (Å²) in [4.78, 5) is 0. The van der Waals surface area contributed by atoms with E-state index in [-0.39, 0.29) is 0 Å². The van der Waals surface area contributed by atoms with Crippen LogP contribution >= 0.6 is 0 Å². The van der Waals surface area contributed by atoms with E-state index in [0.29, 0.717) is 17.9 Å². The van der Waals surface area contributed by atoms with Crippen LogP contribution in [0.3, 0.4) is 0 Å². The van der Waals surface area contributed by atoms with Crippen molar-refractivity contribution in [2.24, 2.45) is 11.8 Å². The van der Waals surface area contributed by atoms with Crippen LogP contribution in [0.15, 0.2) is 12.2 Å². The first-order chi connectivity index (χ1) is 5.45. The zero-order valence-electron chi connectivity index (χ0n) is 9.05. The van der Waals surface area contributed by atoms with E-state index in [1.54, 1.807) is 0 Å². The van der Waals surface area contributed by atoms with Crippen LogP contribution in [0.4, 0.5) is 0 Å². The first kappa shape index (κ1) is 11.7. The van der Waals surface area contributed by atoms with Crippen molar-refractivity contribution in [3.05, 3.63) is 12.2 Å². The predicted molar refractivity (Wildman–Crippen MR) is 54.2 cm³/mol. The van der Waals surface area contributed by atoms with E-state index in [1.165, 1.54) is 5.57 Å². The van der Waals surface area contributed by atoms with Crippen molar-refractivity contribution in [1.82, 2.24) is 0 Å². The Bertz CT molecular complexity index is 138. The van der Waals surface area contributed by atoms with Gasteiger partial charge in [0.15, 0.2) is 0 Å². The van der Waals surface area contributed by atoms with Gasteiger partial charge >= 0.3 is 0 Å². The van der Waals surface area contributed by atoms with Gasteiger partial charge in [0.1, 0.15) is 0 Å². The van der Waals surface area contributed by atoms with Gasteiger partial charge in [0.05, 0.1) is 12.7 Å². The predicted octanol–water partition coefficient (Wildman–Crippen LogP) is 3.26. The minimum Gasteiger partial charge on any atom is -0.378 e. The van der Waals surface area contributed by atoms with Crippen molar-refractivity contribution in [3.8, 4) is 0 Å². The van der Waals surface area contributed by atoms with Gasteiger partial charge in [0, 0.05) is 0 Å². The van der Waals surface area contributed by atoms with E-state index in [2.05, 4.69) is 34.3 Å². The molecule has 0 aromatic rings. The summed E-state index contributed by atoms with van der Waals surface area (Å²) in [6, 6.07) is 0. The average molecular weight is 170 g/mol. The van der Waals surface area contributed by atoms with Gasteiger partial charge < -0.3 is 4.74 Å². The molecule has 0 N–H and O–H groups in total. The van der Waals surface area contributed by atoms with E-state index in [9.17, 15) is 0 Å². The molecule has 0 bridgehead atoms. The quantitative estimate of drug-likeness (QED) is 0.575. The molecular formula is C11H22O. The lowest BCUT2D eigenvalue weighted by molar-refractivity contribution is 0.0227. The third-order valence-corrected chi connectivity index (χ3v) is 2.39. The molecule has 0 saturated heterocycles. The van der Waals surface area contributed by atoms with Gasteiger partial charge in [0.2, 0.25) is 0 Å². The van der Waals surface area contributed by atoms with Crippen molar-refractivity contribution in [2.75, 3.05) is 6.61 Å². The first-order valence-corrected chi connectivity index (χ1v) is 4.72. The molecule has 12 heavy (non-hydrogen) atoms. The maximum Gasteiger partial charge on any atom is 0.0570 e. The van der Waals surface area contributed by atoms with Crippen molar-refractivity contribution < 1.29 is 4.74 Å². The molecule has 0 aliphatic heterocycles. The fourth-order valence-corrected chi connectivity index (χ4v) is 0.631. The Morgan fingerprint density at radius 3 is 2.08 bits per heavy atom. The number of hydrogen-bond acceptors (Lipinski definition) is 1. The normalized spacial score (nSPS) is 16.2. The lowest BCUT2D eigenvalue weighted by Crippen LogP contribution is -2.19. The maximum atomic E-state index is 5.67. The van der Waals surface area contributed by atoms with Crippen molar-refractivity contribution >= 4 is 0 Å². The van der Waals surface area contributed by atoms with Crippen LogP contribution in [-0.4, -0.2) is 12.7 Å². The highest BCUT2D eigenvalue weighted by atomic mass is 16.5. The SMILES string of the molecule is C=C(C)C(C)COC(C)C(C)C. The Morgan fingerprint density at radius 1 is 1.25 bits per heavy atom. The Morgan fingerprint density at radius 2 is 1.75 bits per heavy atom. The van der Waals surface area contributed by atoms with Gasteiger partial charge in [-0.2, -0.15) is 0 Å². The van der Waals surface area contributed by atoms with E-state index in [0.717, 1.165) is 6.61 Å². The number of ether oxygens (including phenoxy) is 1. The molecule has 2 atom stereocenters. The smallest absolute Gasteiger partial charge is 0.0570 e. The summed E-state index contributed by atoms with van der Waals surface area (Å²) in [5.41, 5.74) is 1.20. The molecule has 0 heterocycles. The average Bonchev–Trinajstić information content (AvgIpc) is 1.98. The molecule has 1 nitrogen and oxygen atoms in total. The largest absolute Gasteiger partial charge is 0.378 e. The minimum absolute atomic E-state index is 0.354. The van der Waals surface area contributed by atoms with Crippen molar-refractivity contribution in [2.45, 2.75) is 40.7 Å². The Kier molecular flexibility index (Phi) is 5.23. The fourth-order valence-electron chi connectivity index (χ4n) is 0.631. The third-order valence-electron chi connectivity index (χ3n) is 2.39. The molecule has 2 unspecified atom stereocenters. The van der Waals surface area contributed by atoms with Gasteiger partial charge in [-0.1, -0.05) is 32.9 Å². The second-order valence-corrected chi connectivity index (χ2v) is 4.03. The molecule has 0 spiro atoms. The zero-order chi connectivity index (χ0) is 9.72. The highest BCUT2D eigenvalue weighted by molar-refractivity contribution is 4.93. The molecule has 0 rings (SSSR count). The zero-order valence-corrected chi connectivity index (χ0v) is 9.05. The van der Waals surface area contributed by atoms with Gasteiger partial charge in [-0.3, -0.25) is 0 Å². The second-order valence-electron chi connectivity index (χ2n) is 4.03. The second kappa shape index (κ2) is 5.36. The molecule has 0 saturated carbocycles. The highest BCUT2D eigenvalue weighted by Crippen LogP contribution is 2.11. The van der Waals surface area contributed by atoms with Gasteiger partial charge in [-0.25, -0.2) is 0 Å². The molecule has 0 fully saturated rings. The lowest BCUT2D eigenvalue weighted by atomic mass is 10.1. The van der Waals surface area contributed by atoms with Crippen molar-refractivity contribution in [3.63, 3.8) is 0 Å². The molecule has 72 valence electrons. The van der Waals surface area contributed by atoms with E-state index >= 15 is 0 Å². The van der Waals surface area contributed by atoms with Crippen molar-refractivity contribution in [1.29, 1.82) is 0 Å². The monoisotopic (exact) mass is 170 g/mol. The van der Waals surface area contributed by atoms with Crippen LogP contribution < -0.4 is 0 Å². The number of rotatable bonds is 5. The summed E-state index contributed by atoms with van der Waals surface area (Å²) in [5.74, 6) is 1.08. The summed E-state index contributed by atoms with van der Waals surface area (Å²) in [6.07, 6.45) is 0.354. The summed E-state index contributed by atoms with van der Waals surface area (Å²) in [7, 11) is 0. The highest BCUT2D eigenvalue weighted by Gasteiger charge is 2.09. The topological polar surface area (TPSA) is 9.23 Å².